The number of carbonyl (C=O) groups is 1. The molecule has 0 spiro atoms. The van der Waals surface area contributed by atoms with E-state index in [0.717, 1.165) is 5.69 Å². The third-order valence-corrected chi connectivity index (χ3v) is 5.81. The molecule has 1 aliphatic heterocycles. The van der Waals surface area contributed by atoms with Crippen molar-refractivity contribution >= 4 is 17.3 Å². The molecule has 0 saturated carbocycles. The zero-order valence-electron chi connectivity index (χ0n) is 17.7. The lowest BCUT2D eigenvalue weighted by Gasteiger charge is -2.21. The van der Waals surface area contributed by atoms with Crippen molar-refractivity contribution in [2.45, 2.75) is 19.8 Å². The molecular formula is C25H22N4O3. The van der Waals surface area contributed by atoms with Gasteiger partial charge in [0, 0.05) is 11.4 Å². The smallest absolute Gasteiger partial charge is 0.275 e. The van der Waals surface area contributed by atoms with Crippen LogP contribution in [0.15, 0.2) is 93.4 Å². The van der Waals surface area contributed by atoms with E-state index in [-0.39, 0.29) is 11.5 Å². The Balaban J connectivity index is 1.64. The Morgan fingerprint density at radius 2 is 1.56 bits per heavy atom. The summed E-state index contributed by atoms with van der Waals surface area (Å²) in [5.74, 6) is -0.912. The van der Waals surface area contributed by atoms with Crippen molar-refractivity contribution in [2.24, 2.45) is 11.0 Å². The molecule has 0 fully saturated rings. The van der Waals surface area contributed by atoms with Crippen LogP contribution in [0.4, 0.5) is 5.69 Å². The van der Waals surface area contributed by atoms with Crippen molar-refractivity contribution < 1.29 is 9.21 Å². The summed E-state index contributed by atoms with van der Waals surface area (Å²) in [6.45, 7) is 3.66. The van der Waals surface area contributed by atoms with Crippen LogP contribution in [0, 0.1) is 12.8 Å². The molecule has 2 aromatic carbocycles. The molecule has 4 aromatic rings. The fourth-order valence-electron chi connectivity index (χ4n) is 4.34. The monoisotopic (exact) mass is 426 g/mol. The number of para-hydroxylation sites is 2. The molecular weight excluding hydrogens is 404 g/mol. The Hall–Kier alpha value is -4.13. The highest BCUT2D eigenvalue weighted by Crippen LogP contribution is 2.38. The average Bonchev–Trinajstić information content (AvgIpc) is 3.52. The number of aryl methyl sites for hydroxylation is 1. The number of nitrogens with zero attached hydrogens (tertiary/aromatic N) is 3. The van der Waals surface area contributed by atoms with E-state index in [2.05, 4.69) is 10.2 Å². The molecule has 0 radical (unpaired) electrons. The van der Waals surface area contributed by atoms with Gasteiger partial charge < -0.3 is 4.42 Å². The number of aromatic nitrogens is 2. The predicted molar refractivity (Wildman–Crippen MR) is 122 cm³/mol. The third-order valence-electron chi connectivity index (χ3n) is 5.81. The molecule has 1 amide bonds. The summed E-state index contributed by atoms with van der Waals surface area (Å²) in [7, 11) is 0. The maximum atomic E-state index is 13.6. The Morgan fingerprint density at radius 3 is 2.19 bits per heavy atom. The van der Waals surface area contributed by atoms with Gasteiger partial charge in [-0.2, -0.15) is 5.10 Å². The minimum absolute atomic E-state index is 0.193. The van der Waals surface area contributed by atoms with Gasteiger partial charge >= 0.3 is 0 Å². The van der Waals surface area contributed by atoms with Crippen LogP contribution in [-0.2, 0) is 4.79 Å². The second kappa shape index (κ2) is 7.85. The molecule has 0 bridgehead atoms. The summed E-state index contributed by atoms with van der Waals surface area (Å²) in [5, 5.41) is 9.12. The average molecular weight is 426 g/mol. The van der Waals surface area contributed by atoms with Crippen molar-refractivity contribution in [3.05, 3.63) is 106 Å². The zero-order valence-corrected chi connectivity index (χ0v) is 17.7. The number of benzene rings is 2. The first-order valence-corrected chi connectivity index (χ1v) is 10.4. The van der Waals surface area contributed by atoms with Crippen LogP contribution < -0.4 is 10.6 Å². The highest BCUT2D eigenvalue weighted by atomic mass is 16.3. The standard InChI is InChI=1S/C25H22N4O3/c1-16-21(24(30)28(26-16)18-10-5-3-6-11-18)23(20-14-9-15-32-20)22-17(2)27-29(25(22)31)19-12-7-4-8-13-19/h3-15,21,23,27H,1-2H3. The number of aromatic amines is 1. The van der Waals surface area contributed by atoms with E-state index in [1.807, 2.05) is 74.5 Å². The highest BCUT2D eigenvalue weighted by molar-refractivity contribution is 6.15. The van der Waals surface area contributed by atoms with E-state index in [9.17, 15) is 9.59 Å². The van der Waals surface area contributed by atoms with Gasteiger partial charge in [0.2, 0.25) is 0 Å². The Kier molecular flexibility index (Phi) is 4.86. The van der Waals surface area contributed by atoms with E-state index in [0.29, 0.717) is 28.4 Å². The van der Waals surface area contributed by atoms with Crippen LogP contribution in [0.1, 0.15) is 29.9 Å². The quantitative estimate of drug-likeness (QED) is 0.518. The number of hydrogen-bond acceptors (Lipinski definition) is 4. The van der Waals surface area contributed by atoms with Gasteiger partial charge in [-0.15, -0.1) is 0 Å². The number of H-pyrrole nitrogens is 1. The molecule has 2 atom stereocenters. The number of nitrogens with one attached hydrogen (secondary N) is 1. The second-order valence-electron chi connectivity index (χ2n) is 7.82. The van der Waals surface area contributed by atoms with Crippen molar-refractivity contribution in [1.82, 2.24) is 9.78 Å². The lowest BCUT2D eigenvalue weighted by Crippen LogP contribution is -2.34. The topological polar surface area (TPSA) is 83.6 Å². The summed E-state index contributed by atoms with van der Waals surface area (Å²) in [4.78, 5) is 27.2. The maximum absolute atomic E-state index is 13.6. The summed E-state index contributed by atoms with van der Waals surface area (Å²) in [5.41, 5.74) is 3.00. The third kappa shape index (κ3) is 3.19. The van der Waals surface area contributed by atoms with Crippen molar-refractivity contribution in [2.75, 3.05) is 5.01 Å². The molecule has 160 valence electrons. The maximum Gasteiger partial charge on any atom is 0.275 e. The molecule has 0 saturated heterocycles. The fraction of sp³-hybridized carbons (Fsp3) is 0.160. The van der Waals surface area contributed by atoms with Crippen LogP contribution in [-0.4, -0.2) is 21.4 Å². The van der Waals surface area contributed by atoms with Gasteiger partial charge in [-0.1, -0.05) is 36.4 Å². The van der Waals surface area contributed by atoms with Gasteiger partial charge in [0.25, 0.3) is 11.5 Å². The van der Waals surface area contributed by atoms with E-state index in [1.165, 1.54) is 9.69 Å². The summed E-state index contributed by atoms with van der Waals surface area (Å²) in [6, 6.07) is 22.2. The van der Waals surface area contributed by atoms with E-state index in [1.54, 1.807) is 18.4 Å². The number of anilines is 1. The fourth-order valence-corrected chi connectivity index (χ4v) is 4.34. The van der Waals surface area contributed by atoms with E-state index < -0.39 is 11.8 Å². The number of hydrazone groups is 1. The lowest BCUT2D eigenvalue weighted by atomic mass is 9.81. The van der Waals surface area contributed by atoms with E-state index >= 15 is 0 Å². The molecule has 1 N–H and O–H groups in total. The van der Waals surface area contributed by atoms with Crippen molar-refractivity contribution in [3.8, 4) is 5.69 Å². The molecule has 32 heavy (non-hydrogen) atoms. The molecule has 0 aliphatic carbocycles. The van der Waals surface area contributed by atoms with Crippen LogP contribution >= 0.6 is 0 Å². The van der Waals surface area contributed by atoms with Gasteiger partial charge in [0.15, 0.2) is 0 Å². The lowest BCUT2D eigenvalue weighted by molar-refractivity contribution is -0.120. The molecule has 2 unspecified atom stereocenters. The largest absolute Gasteiger partial charge is 0.469 e. The highest BCUT2D eigenvalue weighted by Gasteiger charge is 2.44. The Bertz CT molecular complexity index is 1340. The number of hydrogen-bond donors (Lipinski definition) is 1. The van der Waals surface area contributed by atoms with Crippen molar-refractivity contribution in [1.29, 1.82) is 0 Å². The second-order valence-corrected chi connectivity index (χ2v) is 7.82. The number of carbonyl (C=O) groups excluding carboxylic acids is 1. The van der Waals surface area contributed by atoms with Gasteiger partial charge in [-0.25, -0.2) is 9.69 Å². The Morgan fingerprint density at radius 1 is 0.906 bits per heavy atom. The van der Waals surface area contributed by atoms with E-state index in [4.69, 9.17) is 4.42 Å². The number of amides is 1. The predicted octanol–water partition coefficient (Wildman–Crippen LogP) is 4.24. The molecule has 3 heterocycles. The minimum Gasteiger partial charge on any atom is -0.469 e. The summed E-state index contributed by atoms with van der Waals surface area (Å²) in [6.07, 6.45) is 1.56. The SMILES string of the molecule is CC1=NN(c2ccccc2)C(=O)C1C(c1ccco1)c1c(C)[nH]n(-c2ccccc2)c1=O. The van der Waals surface area contributed by atoms with Gasteiger partial charge in [-0.05, 0) is 50.2 Å². The molecule has 5 rings (SSSR count). The van der Waals surface area contributed by atoms with Crippen LogP contribution in [0.5, 0.6) is 0 Å². The van der Waals surface area contributed by atoms with Crippen LogP contribution in [0.2, 0.25) is 0 Å². The normalized spacial score (nSPS) is 16.9. The molecule has 1 aliphatic rings. The van der Waals surface area contributed by atoms with Crippen LogP contribution in [0.3, 0.4) is 0 Å². The zero-order chi connectivity index (χ0) is 22.2. The summed E-state index contributed by atoms with van der Waals surface area (Å²) >= 11 is 0. The summed E-state index contributed by atoms with van der Waals surface area (Å²) < 4.78 is 7.24. The Labute approximate surface area is 184 Å². The first-order valence-electron chi connectivity index (χ1n) is 10.4. The van der Waals surface area contributed by atoms with Crippen molar-refractivity contribution in [3.63, 3.8) is 0 Å². The number of rotatable bonds is 5. The van der Waals surface area contributed by atoms with Gasteiger partial charge in [-0.3, -0.25) is 14.7 Å². The molecule has 7 nitrogen and oxygen atoms in total. The molecule has 2 aromatic heterocycles. The van der Waals surface area contributed by atoms with Crippen LogP contribution in [0.25, 0.3) is 5.69 Å². The van der Waals surface area contributed by atoms with Gasteiger partial charge in [0.1, 0.15) is 5.76 Å². The molecule has 7 heteroatoms. The first kappa shape index (κ1) is 19.8. The first-order chi connectivity index (χ1) is 15.6. The minimum atomic E-state index is -0.659. The van der Waals surface area contributed by atoms with Gasteiger partial charge in [0.05, 0.1) is 35.0 Å². The number of furan rings is 1.